The maximum absolute atomic E-state index is 13.2. The molecule has 0 aromatic carbocycles. The third-order valence-electron chi connectivity index (χ3n) is 4.03. The maximum atomic E-state index is 13.2. The van der Waals surface area contributed by atoms with Crippen molar-refractivity contribution in [3.05, 3.63) is 7.05 Å². The first-order chi connectivity index (χ1) is 6.05. The highest BCUT2D eigenvalue weighted by atomic mass is 19.3. The Morgan fingerprint density at radius 2 is 2.15 bits per heavy atom. The molecule has 4 unspecified atom stereocenters. The third-order valence-corrected chi connectivity index (χ3v) is 4.03. The van der Waals surface area contributed by atoms with Gasteiger partial charge in [0.15, 0.2) is 0 Å². The summed E-state index contributed by atoms with van der Waals surface area (Å²) in [6.45, 7) is 1.14. The molecule has 3 aliphatic rings. The number of nitrogens with one attached hydrogen (secondary N) is 1. The van der Waals surface area contributed by atoms with E-state index in [1.165, 1.54) is 0 Å². The van der Waals surface area contributed by atoms with E-state index in [2.05, 4.69) is 7.05 Å². The van der Waals surface area contributed by atoms with Crippen molar-refractivity contribution in [1.29, 1.82) is 0 Å². The molecule has 0 bridgehead atoms. The van der Waals surface area contributed by atoms with Crippen LogP contribution in [0.3, 0.4) is 0 Å². The summed E-state index contributed by atoms with van der Waals surface area (Å²) in [5, 5.41) is 0. The summed E-state index contributed by atoms with van der Waals surface area (Å²) in [4.78, 5) is 1.01. The third kappa shape index (κ3) is 0.789. The predicted octanol–water partition coefficient (Wildman–Crippen LogP) is -0.141. The van der Waals surface area contributed by atoms with Gasteiger partial charge in [-0.15, -0.1) is 0 Å². The van der Waals surface area contributed by atoms with Crippen LogP contribution in [0.15, 0.2) is 0 Å². The Kier molecular flexibility index (Phi) is 1.29. The van der Waals surface area contributed by atoms with Gasteiger partial charge in [0.05, 0.1) is 25.7 Å². The highest BCUT2D eigenvalue weighted by Gasteiger charge is 2.73. The van der Waals surface area contributed by atoms with Gasteiger partial charge in [-0.1, -0.05) is 0 Å². The van der Waals surface area contributed by atoms with Crippen LogP contribution < -0.4 is 4.90 Å². The molecule has 1 saturated carbocycles. The molecule has 2 aliphatic heterocycles. The first kappa shape index (κ1) is 8.12. The summed E-state index contributed by atoms with van der Waals surface area (Å²) in [6.07, 6.45) is 0.0278. The zero-order chi connectivity index (χ0) is 9.27. The van der Waals surface area contributed by atoms with E-state index in [0.29, 0.717) is 13.2 Å². The Balaban J connectivity index is 1.94. The fourth-order valence-electron chi connectivity index (χ4n) is 3.45. The van der Waals surface area contributed by atoms with Gasteiger partial charge in [0.2, 0.25) is 0 Å². The quantitative estimate of drug-likeness (QED) is 0.524. The average molecular weight is 189 g/mol. The number of likely N-dealkylation sites (tertiary alicyclic amines) is 1. The van der Waals surface area contributed by atoms with Crippen molar-refractivity contribution in [3.8, 4) is 0 Å². The lowest BCUT2D eigenvalue weighted by Gasteiger charge is -2.55. The molecule has 3 rings (SSSR count). The summed E-state index contributed by atoms with van der Waals surface area (Å²) < 4.78 is 31.7. The van der Waals surface area contributed by atoms with Crippen LogP contribution >= 0.6 is 0 Å². The smallest absolute Gasteiger partial charge is 0.254 e. The van der Waals surface area contributed by atoms with Crippen molar-refractivity contribution in [2.75, 3.05) is 13.2 Å². The number of rotatable bonds is 0. The van der Waals surface area contributed by atoms with Gasteiger partial charge in [-0.25, -0.2) is 8.78 Å². The first-order valence-electron chi connectivity index (χ1n) is 4.69. The molecule has 4 atom stereocenters. The second-order valence-electron chi connectivity index (χ2n) is 4.67. The van der Waals surface area contributed by atoms with E-state index in [9.17, 15) is 8.78 Å². The molecule has 2 saturated heterocycles. The van der Waals surface area contributed by atoms with E-state index in [1.807, 2.05) is 0 Å². The molecule has 13 heavy (non-hydrogen) atoms. The van der Waals surface area contributed by atoms with Gasteiger partial charge in [-0.05, 0) is 0 Å². The average Bonchev–Trinajstić information content (AvgIpc) is 2.51. The van der Waals surface area contributed by atoms with Crippen LogP contribution in [0.4, 0.5) is 8.78 Å². The van der Waals surface area contributed by atoms with Gasteiger partial charge in [-0.3, -0.25) is 0 Å². The summed E-state index contributed by atoms with van der Waals surface area (Å²) in [5.41, 5.74) is -0.222. The standard InChI is InChI=1S/C9H13F2NO/c1-12-6-2-9(10,11)4-8(6)5-13-3-7(8)12/h6-7,12H,1-5H2. The van der Waals surface area contributed by atoms with Gasteiger partial charge in [0, 0.05) is 6.42 Å². The van der Waals surface area contributed by atoms with Crippen LogP contribution in [0.2, 0.25) is 0 Å². The van der Waals surface area contributed by atoms with Crippen molar-refractivity contribution in [2.45, 2.75) is 30.8 Å². The molecule has 4 heteroatoms. The minimum absolute atomic E-state index is 0.00565. The van der Waals surface area contributed by atoms with Crippen molar-refractivity contribution in [3.63, 3.8) is 0 Å². The second-order valence-corrected chi connectivity index (χ2v) is 4.67. The topological polar surface area (TPSA) is 13.7 Å². The summed E-state index contributed by atoms with van der Waals surface area (Å²) in [5.74, 6) is -2.48. The second kappa shape index (κ2) is 2.06. The normalized spacial score (nSPS) is 57.0. The van der Waals surface area contributed by atoms with Crippen molar-refractivity contribution in [2.24, 2.45) is 5.41 Å². The molecule has 0 aromatic heterocycles. The van der Waals surface area contributed by atoms with Crippen LogP contribution in [0.1, 0.15) is 12.8 Å². The fraction of sp³-hybridized carbons (Fsp3) is 0.889. The van der Waals surface area contributed by atoms with Gasteiger partial charge in [-0.2, -0.15) is 7.05 Å². The lowest BCUT2D eigenvalue weighted by Crippen LogP contribution is -3.26. The van der Waals surface area contributed by atoms with E-state index >= 15 is 0 Å². The van der Waals surface area contributed by atoms with Crippen LogP contribution in [-0.2, 0) is 4.74 Å². The van der Waals surface area contributed by atoms with E-state index < -0.39 is 5.92 Å². The molecule has 1 spiro atoms. The zero-order valence-corrected chi connectivity index (χ0v) is 7.35. The fourth-order valence-corrected chi connectivity index (χ4v) is 3.45. The van der Waals surface area contributed by atoms with E-state index in [4.69, 9.17) is 4.74 Å². The highest BCUT2D eigenvalue weighted by Crippen LogP contribution is 2.54. The van der Waals surface area contributed by atoms with Crippen molar-refractivity contribution >= 4 is 0 Å². The van der Waals surface area contributed by atoms with E-state index in [0.717, 1.165) is 4.90 Å². The number of ether oxygens (including phenoxy) is 1. The molecule has 2 heterocycles. The number of hydrogen-bond donors (Lipinski definition) is 1. The highest BCUT2D eigenvalue weighted by molar-refractivity contribution is 5.11. The van der Waals surface area contributed by atoms with Crippen molar-refractivity contribution in [1.82, 2.24) is 0 Å². The van der Waals surface area contributed by atoms with Gasteiger partial charge in [0.1, 0.15) is 11.5 Å². The minimum atomic E-state index is -2.48. The Morgan fingerprint density at radius 1 is 1.38 bits per heavy atom. The Bertz CT molecular complexity index is 258. The summed E-state index contributed by atoms with van der Waals surface area (Å²) in [7, 11) is 3.89. The summed E-state index contributed by atoms with van der Waals surface area (Å²) in [6, 6.07) is 0.265. The Hall–Kier alpha value is -0.220. The molecule has 0 amide bonds. The van der Waals surface area contributed by atoms with Gasteiger partial charge in [0.25, 0.3) is 5.92 Å². The molecule has 1 aliphatic carbocycles. The molecule has 0 aromatic rings. The van der Waals surface area contributed by atoms with Gasteiger partial charge < -0.3 is 9.64 Å². The molecule has 3 fully saturated rings. The Labute approximate surface area is 75.8 Å². The summed E-state index contributed by atoms with van der Waals surface area (Å²) >= 11 is 0. The number of hydrogen-bond acceptors (Lipinski definition) is 1. The van der Waals surface area contributed by atoms with Crippen LogP contribution in [0.25, 0.3) is 0 Å². The largest absolute Gasteiger partial charge is 0.459 e. The Morgan fingerprint density at radius 3 is 2.92 bits per heavy atom. The number of alkyl halides is 2. The van der Waals surface area contributed by atoms with Crippen LogP contribution in [0, 0.1) is 12.5 Å². The molecular formula is C9H13F2NO. The molecule has 1 N–H and O–H groups in total. The van der Waals surface area contributed by atoms with Crippen LogP contribution in [0.5, 0.6) is 0 Å². The zero-order valence-electron chi connectivity index (χ0n) is 7.35. The lowest BCUT2D eigenvalue weighted by molar-refractivity contribution is -0.972. The number of halogens is 2. The number of quaternary nitrogens is 1. The van der Waals surface area contributed by atoms with Crippen LogP contribution in [-0.4, -0.2) is 31.2 Å². The monoisotopic (exact) mass is 189 g/mol. The predicted molar refractivity (Wildman–Crippen MR) is 41.3 cm³/mol. The molecule has 2 nitrogen and oxygen atoms in total. The van der Waals surface area contributed by atoms with E-state index in [-0.39, 0.29) is 30.3 Å². The first-order valence-corrected chi connectivity index (χ1v) is 4.69. The SMILES string of the molecule is [CH2-][NH+]1C2COCC23CC(F)(F)CC13. The maximum Gasteiger partial charge on any atom is 0.254 e. The van der Waals surface area contributed by atoms with E-state index in [1.54, 1.807) is 0 Å². The lowest BCUT2D eigenvalue weighted by atomic mass is 9.69. The molecule has 0 radical (unpaired) electrons. The van der Waals surface area contributed by atoms with Crippen molar-refractivity contribution < 1.29 is 18.4 Å². The molecular weight excluding hydrogens is 176 g/mol. The van der Waals surface area contributed by atoms with Gasteiger partial charge >= 0.3 is 0 Å². The minimum Gasteiger partial charge on any atom is -0.459 e. The molecule has 74 valence electrons.